The van der Waals surface area contributed by atoms with Gasteiger partial charge in [-0.05, 0) is 42.0 Å². The summed E-state index contributed by atoms with van der Waals surface area (Å²) >= 11 is 3.34. The molecule has 7 nitrogen and oxygen atoms in total. The van der Waals surface area contributed by atoms with Gasteiger partial charge in [-0.3, -0.25) is 4.79 Å². The Balaban J connectivity index is 1.63. The Hall–Kier alpha value is -2.71. The molecule has 0 aliphatic heterocycles. The summed E-state index contributed by atoms with van der Waals surface area (Å²) in [6.07, 6.45) is 0.647. The minimum atomic E-state index is -0.773. The van der Waals surface area contributed by atoms with E-state index in [0.717, 1.165) is 10.0 Å². The molecule has 3 aromatic rings. The summed E-state index contributed by atoms with van der Waals surface area (Å²) in [7, 11) is 1.59. The van der Waals surface area contributed by atoms with Gasteiger partial charge in [0.1, 0.15) is 12.1 Å². The van der Waals surface area contributed by atoms with E-state index in [-0.39, 0.29) is 12.4 Å². The van der Waals surface area contributed by atoms with Gasteiger partial charge in [0.2, 0.25) is 5.82 Å². The van der Waals surface area contributed by atoms with Crippen LogP contribution in [0.2, 0.25) is 0 Å². The molecule has 2 aromatic carbocycles. The third-order valence-electron chi connectivity index (χ3n) is 3.70. The first-order valence-corrected chi connectivity index (χ1v) is 8.63. The fourth-order valence-corrected chi connectivity index (χ4v) is 2.58. The van der Waals surface area contributed by atoms with Crippen LogP contribution in [-0.2, 0) is 6.54 Å². The first-order chi connectivity index (χ1) is 12.5. The van der Waals surface area contributed by atoms with Gasteiger partial charge in [0, 0.05) is 10.2 Å². The standard InChI is InChI=1S/C18H17BrN4O3/c1-26-15-8-2-12(3-9-15)16(24)10-23-11-20-17(22-23)18(25)21-14-6-4-13(19)5-7-14/h2-9,11,16,24H,10H2,1H3,(H,21,25)/t16-/m0/s1. The summed E-state index contributed by atoms with van der Waals surface area (Å²) in [4.78, 5) is 16.2. The van der Waals surface area contributed by atoms with Crippen molar-refractivity contribution >= 4 is 27.5 Å². The molecule has 0 spiro atoms. The highest BCUT2D eigenvalue weighted by molar-refractivity contribution is 9.10. The molecule has 1 aromatic heterocycles. The van der Waals surface area contributed by atoms with Crippen LogP contribution in [0.5, 0.6) is 5.75 Å². The van der Waals surface area contributed by atoms with Crippen molar-refractivity contribution in [3.63, 3.8) is 0 Å². The Morgan fingerprint density at radius 3 is 2.58 bits per heavy atom. The second-order valence-corrected chi connectivity index (χ2v) is 6.46. The van der Waals surface area contributed by atoms with Gasteiger partial charge in [0.05, 0.1) is 19.8 Å². The van der Waals surface area contributed by atoms with E-state index in [1.807, 2.05) is 12.1 Å². The molecule has 0 aliphatic carbocycles. The summed E-state index contributed by atoms with van der Waals surface area (Å²) < 4.78 is 7.45. The molecule has 1 heterocycles. The minimum absolute atomic E-state index is 0.0369. The minimum Gasteiger partial charge on any atom is -0.497 e. The van der Waals surface area contributed by atoms with E-state index in [0.29, 0.717) is 11.4 Å². The summed E-state index contributed by atoms with van der Waals surface area (Å²) in [5.74, 6) is 0.341. The molecule has 2 N–H and O–H groups in total. The fourth-order valence-electron chi connectivity index (χ4n) is 2.32. The molecule has 0 bridgehead atoms. The summed E-state index contributed by atoms with van der Waals surface area (Å²) in [5, 5.41) is 17.2. The van der Waals surface area contributed by atoms with E-state index in [1.165, 1.54) is 11.0 Å². The van der Waals surface area contributed by atoms with Gasteiger partial charge in [0.15, 0.2) is 0 Å². The number of hydrogen-bond acceptors (Lipinski definition) is 5. The van der Waals surface area contributed by atoms with Gasteiger partial charge < -0.3 is 15.2 Å². The number of ether oxygens (including phenoxy) is 1. The number of hydrogen-bond donors (Lipinski definition) is 2. The molecule has 0 fully saturated rings. The molecule has 26 heavy (non-hydrogen) atoms. The van der Waals surface area contributed by atoms with Crippen molar-refractivity contribution in [1.29, 1.82) is 0 Å². The predicted octanol–water partition coefficient (Wildman–Crippen LogP) is 3.04. The lowest BCUT2D eigenvalue weighted by Gasteiger charge is -2.11. The molecular weight excluding hydrogens is 400 g/mol. The number of aliphatic hydroxyl groups is 1. The van der Waals surface area contributed by atoms with Crippen LogP contribution in [0.4, 0.5) is 5.69 Å². The summed E-state index contributed by atoms with van der Waals surface area (Å²) in [6.45, 7) is 0.185. The van der Waals surface area contributed by atoms with Gasteiger partial charge in [-0.1, -0.05) is 28.1 Å². The molecule has 0 unspecified atom stereocenters. The zero-order chi connectivity index (χ0) is 18.5. The lowest BCUT2D eigenvalue weighted by molar-refractivity contribution is 0.101. The second kappa shape index (κ2) is 8.11. The first kappa shape index (κ1) is 18.1. The van der Waals surface area contributed by atoms with Gasteiger partial charge in [-0.25, -0.2) is 9.67 Å². The first-order valence-electron chi connectivity index (χ1n) is 7.83. The zero-order valence-electron chi connectivity index (χ0n) is 14.0. The maximum absolute atomic E-state index is 12.2. The van der Waals surface area contributed by atoms with Gasteiger partial charge in [-0.15, -0.1) is 5.10 Å². The molecular formula is C18H17BrN4O3. The van der Waals surface area contributed by atoms with Crippen molar-refractivity contribution in [1.82, 2.24) is 14.8 Å². The number of carbonyl (C=O) groups excluding carboxylic acids is 1. The Labute approximate surface area is 158 Å². The largest absolute Gasteiger partial charge is 0.497 e. The summed E-state index contributed by atoms with van der Waals surface area (Å²) in [6, 6.07) is 14.3. The number of amides is 1. The van der Waals surface area contributed by atoms with Crippen LogP contribution >= 0.6 is 15.9 Å². The number of rotatable bonds is 6. The fraction of sp³-hybridized carbons (Fsp3) is 0.167. The molecule has 8 heteroatoms. The van der Waals surface area contributed by atoms with Gasteiger partial charge in [-0.2, -0.15) is 0 Å². The SMILES string of the molecule is COc1ccc([C@@H](O)Cn2cnc(C(=O)Nc3ccc(Br)cc3)n2)cc1. The molecule has 0 radical (unpaired) electrons. The van der Waals surface area contributed by atoms with Crippen molar-refractivity contribution < 1.29 is 14.6 Å². The van der Waals surface area contributed by atoms with Crippen molar-refractivity contribution in [2.45, 2.75) is 12.6 Å². The smallest absolute Gasteiger partial charge is 0.295 e. The number of anilines is 1. The van der Waals surface area contributed by atoms with Crippen LogP contribution in [0, 0.1) is 0 Å². The van der Waals surface area contributed by atoms with Crippen molar-refractivity contribution in [3.8, 4) is 5.75 Å². The average molecular weight is 417 g/mol. The molecule has 0 saturated carbocycles. The van der Waals surface area contributed by atoms with Crippen molar-refractivity contribution in [2.24, 2.45) is 0 Å². The number of nitrogens with zero attached hydrogens (tertiary/aromatic N) is 3. The van der Waals surface area contributed by atoms with E-state index >= 15 is 0 Å². The number of nitrogens with one attached hydrogen (secondary N) is 1. The Bertz CT molecular complexity index is 878. The number of halogens is 1. The number of carbonyl (C=O) groups is 1. The van der Waals surface area contributed by atoms with Gasteiger partial charge in [0.25, 0.3) is 5.91 Å². The normalized spacial score (nSPS) is 11.8. The highest BCUT2D eigenvalue weighted by Gasteiger charge is 2.14. The lowest BCUT2D eigenvalue weighted by atomic mass is 10.1. The number of methoxy groups -OCH3 is 1. The Morgan fingerprint density at radius 2 is 1.92 bits per heavy atom. The lowest BCUT2D eigenvalue weighted by Crippen LogP contribution is -2.15. The summed E-state index contributed by atoms with van der Waals surface area (Å²) in [5.41, 5.74) is 1.37. The van der Waals surface area contributed by atoms with E-state index in [2.05, 4.69) is 31.3 Å². The molecule has 1 amide bonds. The van der Waals surface area contributed by atoms with E-state index in [9.17, 15) is 9.90 Å². The van der Waals surface area contributed by atoms with Crippen LogP contribution in [-0.4, -0.2) is 32.9 Å². The third kappa shape index (κ3) is 4.47. The molecule has 0 aliphatic rings. The topological polar surface area (TPSA) is 89.3 Å². The quantitative estimate of drug-likeness (QED) is 0.644. The van der Waals surface area contributed by atoms with Crippen molar-refractivity contribution in [3.05, 3.63) is 70.7 Å². The Morgan fingerprint density at radius 1 is 1.23 bits per heavy atom. The Kier molecular flexibility index (Phi) is 5.65. The number of aliphatic hydroxyl groups excluding tert-OH is 1. The van der Waals surface area contributed by atoms with E-state index in [1.54, 1.807) is 43.5 Å². The number of aromatic nitrogens is 3. The predicted molar refractivity (Wildman–Crippen MR) is 100 cm³/mol. The van der Waals surface area contributed by atoms with Crippen LogP contribution < -0.4 is 10.1 Å². The molecule has 0 saturated heterocycles. The maximum Gasteiger partial charge on any atom is 0.295 e. The zero-order valence-corrected chi connectivity index (χ0v) is 15.5. The second-order valence-electron chi connectivity index (χ2n) is 5.54. The molecule has 3 rings (SSSR count). The monoisotopic (exact) mass is 416 g/mol. The van der Waals surface area contributed by atoms with Crippen molar-refractivity contribution in [2.75, 3.05) is 12.4 Å². The van der Waals surface area contributed by atoms with Crippen LogP contribution in [0.3, 0.4) is 0 Å². The molecule has 134 valence electrons. The van der Waals surface area contributed by atoms with Gasteiger partial charge >= 0.3 is 0 Å². The van der Waals surface area contributed by atoms with E-state index in [4.69, 9.17) is 4.74 Å². The van der Waals surface area contributed by atoms with E-state index < -0.39 is 12.0 Å². The van der Waals surface area contributed by atoms with Crippen LogP contribution in [0.1, 0.15) is 22.3 Å². The third-order valence-corrected chi connectivity index (χ3v) is 4.23. The van der Waals surface area contributed by atoms with Crippen LogP contribution in [0.15, 0.2) is 59.3 Å². The highest BCUT2D eigenvalue weighted by Crippen LogP contribution is 2.19. The number of benzene rings is 2. The highest BCUT2D eigenvalue weighted by atomic mass is 79.9. The average Bonchev–Trinajstić information content (AvgIpc) is 3.12. The van der Waals surface area contributed by atoms with Crippen LogP contribution in [0.25, 0.3) is 0 Å². The molecule has 1 atom stereocenters. The maximum atomic E-state index is 12.2.